The lowest BCUT2D eigenvalue weighted by atomic mass is 10.1. The van der Waals surface area contributed by atoms with E-state index in [4.69, 9.17) is 18.9 Å². The summed E-state index contributed by atoms with van der Waals surface area (Å²) in [5, 5.41) is 0.655. The number of amides is 1. The molecule has 0 spiro atoms. The first kappa shape index (κ1) is 20.3. The maximum absolute atomic E-state index is 12.9. The van der Waals surface area contributed by atoms with E-state index in [1.807, 2.05) is 23.1 Å². The summed E-state index contributed by atoms with van der Waals surface area (Å²) < 4.78 is 23.0. The molecule has 1 saturated heterocycles. The van der Waals surface area contributed by atoms with Gasteiger partial charge in [0.2, 0.25) is 0 Å². The fourth-order valence-corrected chi connectivity index (χ4v) is 4.44. The van der Waals surface area contributed by atoms with Crippen molar-refractivity contribution in [1.29, 1.82) is 0 Å². The van der Waals surface area contributed by atoms with Crippen LogP contribution in [0.1, 0.15) is 23.2 Å². The zero-order valence-corrected chi connectivity index (χ0v) is 18.0. The van der Waals surface area contributed by atoms with E-state index in [2.05, 4.69) is 4.98 Å². The Labute approximate surface area is 179 Å². The number of aromatic nitrogens is 1. The summed E-state index contributed by atoms with van der Waals surface area (Å²) in [5.74, 6) is 1.95. The summed E-state index contributed by atoms with van der Waals surface area (Å²) in [6, 6.07) is 11.0. The van der Waals surface area contributed by atoms with E-state index in [9.17, 15) is 4.79 Å². The van der Waals surface area contributed by atoms with Gasteiger partial charge in [-0.3, -0.25) is 4.79 Å². The molecule has 2 heterocycles. The summed E-state index contributed by atoms with van der Waals surface area (Å²) in [5.41, 5.74) is 1.49. The van der Waals surface area contributed by atoms with E-state index in [1.54, 1.807) is 39.5 Å². The van der Waals surface area contributed by atoms with Crippen LogP contribution in [0.4, 0.5) is 0 Å². The highest BCUT2D eigenvalue weighted by atomic mass is 32.1. The Morgan fingerprint density at radius 1 is 1.00 bits per heavy atom. The fraction of sp³-hybridized carbons (Fsp3) is 0.364. The highest BCUT2D eigenvalue weighted by Crippen LogP contribution is 2.32. The van der Waals surface area contributed by atoms with Crippen molar-refractivity contribution < 1.29 is 23.7 Å². The van der Waals surface area contributed by atoms with Crippen molar-refractivity contribution in [3.63, 3.8) is 0 Å². The smallest absolute Gasteiger partial charge is 0.274 e. The second kappa shape index (κ2) is 8.79. The van der Waals surface area contributed by atoms with Crippen molar-refractivity contribution in [3.05, 3.63) is 42.0 Å². The second-order valence-electron chi connectivity index (χ2n) is 6.99. The van der Waals surface area contributed by atoms with Crippen LogP contribution < -0.4 is 18.9 Å². The molecule has 7 nitrogen and oxygen atoms in total. The zero-order valence-electron chi connectivity index (χ0n) is 17.2. The first-order valence-corrected chi connectivity index (χ1v) is 10.6. The van der Waals surface area contributed by atoms with Crippen LogP contribution in [0.25, 0.3) is 10.2 Å². The maximum Gasteiger partial charge on any atom is 0.274 e. The standard InChI is InChI=1S/C22H24N2O5S/c1-26-16-5-6-17-20(13-16)30-22(23-17)29-15-8-10-24(11-9-15)21(25)14-4-7-18(27-2)19(12-14)28-3/h4-7,12-13,15H,8-11H2,1-3H3. The van der Waals surface area contributed by atoms with Crippen molar-refractivity contribution in [2.75, 3.05) is 34.4 Å². The van der Waals surface area contributed by atoms with Crippen LogP contribution in [0.15, 0.2) is 36.4 Å². The largest absolute Gasteiger partial charge is 0.497 e. The molecule has 0 unspecified atom stereocenters. The van der Waals surface area contributed by atoms with Crippen LogP contribution in [0.5, 0.6) is 22.4 Å². The molecule has 4 rings (SSSR count). The number of likely N-dealkylation sites (tertiary alicyclic amines) is 1. The fourth-order valence-electron chi connectivity index (χ4n) is 3.53. The number of nitrogens with zero attached hydrogens (tertiary/aromatic N) is 2. The second-order valence-corrected chi connectivity index (χ2v) is 7.99. The molecule has 1 aliphatic heterocycles. The number of carbonyl (C=O) groups is 1. The summed E-state index contributed by atoms with van der Waals surface area (Å²) in [4.78, 5) is 19.3. The SMILES string of the molecule is COc1ccc2nc(OC3CCN(C(=O)c4ccc(OC)c(OC)c4)CC3)sc2c1. The third-order valence-electron chi connectivity index (χ3n) is 5.20. The lowest BCUT2D eigenvalue weighted by Crippen LogP contribution is -2.41. The Hall–Kier alpha value is -3.00. The summed E-state index contributed by atoms with van der Waals surface area (Å²) in [7, 11) is 4.79. The predicted molar refractivity (Wildman–Crippen MR) is 115 cm³/mol. The third-order valence-corrected chi connectivity index (χ3v) is 6.11. The molecule has 0 aliphatic carbocycles. The number of methoxy groups -OCH3 is 3. The van der Waals surface area contributed by atoms with Crippen LogP contribution in [0.3, 0.4) is 0 Å². The Balaban J connectivity index is 1.37. The molecular weight excluding hydrogens is 404 g/mol. The van der Waals surface area contributed by atoms with Gasteiger partial charge in [-0.2, -0.15) is 0 Å². The Kier molecular flexibility index (Phi) is 5.94. The molecule has 3 aromatic rings. The number of thiazole rings is 1. The van der Waals surface area contributed by atoms with Crippen molar-refractivity contribution in [2.45, 2.75) is 18.9 Å². The molecule has 0 radical (unpaired) electrons. The van der Waals surface area contributed by atoms with Gasteiger partial charge in [-0.05, 0) is 36.4 Å². The average molecular weight is 429 g/mol. The van der Waals surface area contributed by atoms with Crippen LogP contribution in [-0.4, -0.2) is 56.3 Å². The van der Waals surface area contributed by atoms with Gasteiger partial charge in [0.1, 0.15) is 11.9 Å². The van der Waals surface area contributed by atoms with Gasteiger partial charge in [-0.25, -0.2) is 4.98 Å². The zero-order chi connectivity index (χ0) is 21.1. The summed E-state index contributed by atoms with van der Waals surface area (Å²) in [6.07, 6.45) is 1.57. The van der Waals surface area contributed by atoms with Crippen LogP contribution in [-0.2, 0) is 0 Å². The molecule has 1 amide bonds. The van der Waals surface area contributed by atoms with E-state index in [1.165, 1.54) is 11.3 Å². The van der Waals surface area contributed by atoms with E-state index in [-0.39, 0.29) is 12.0 Å². The van der Waals surface area contributed by atoms with Gasteiger partial charge in [-0.1, -0.05) is 11.3 Å². The normalized spacial score (nSPS) is 14.6. The Morgan fingerprint density at radius 2 is 1.77 bits per heavy atom. The molecular formula is C22H24N2O5S. The molecule has 0 saturated carbocycles. The number of hydrogen-bond acceptors (Lipinski definition) is 7. The third kappa shape index (κ3) is 4.14. The molecule has 8 heteroatoms. The number of rotatable bonds is 6. The Bertz CT molecular complexity index is 1040. The van der Waals surface area contributed by atoms with Gasteiger partial charge in [0.05, 0.1) is 31.5 Å². The monoisotopic (exact) mass is 428 g/mol. The van der Waals surface area contributed by atoms with Crippen LogP contribution in [0.2, 0.25) is 0 Å². The lowest BCUT2D eigenvalue weighted by Gasteiger charge is -2.31. The topological polar surface area (TPSA) is 70.1 Å². The molecule has 1 fully saturated rings. The predicted octanol–water partition coefficient (Wildman–Crippen LogP) is 4.01. The highest BCUT2D eigenvalue weighted by Gasteiger charge is 2.26. The van der Waals surface area contributed by atoms with Gasteiger partial charge >= 0.3 is 0 Å². The van der Waals surface area contributed by atoms with E-state index in [0.717, 1.165) is 28.8 Å². The molecule has 1 aliphatic rings. The Morgan fingerprint density at radius 3 is 2.47 bits per heavy atom. The molecule has 1 aromatic heterocycles. The molecule has 158 valence electrons. The minimum atomic E-state index is -0.0125. The van der Waals surface area contributed by atoms with Gasteiger partial charge in [0, 0.05) is 31.5 Å². The average Bonchev–Trinajstić information content (AvgIpc) is 3.19. The first-order valence-electron chi connectivity index (χ1n) is 9.74. The summed E-state index contributed by atoms with van der Waals surface area (Å²) >= 11 is 1.51. The van der Waals surface area contributed by atoms with Crippen molar-refractivity contribution >= 4 is 27.5 Å². The molecule has 30 heavy (non-hydrogen) atoms. The van der Waals surface area contributed by atoms with Gasteiger partial charge in [0.15, 0.2) is 11.5 Å². The van der Waals surface area contributed by atoms with Crippen LogP contribution in [0, 0.1) is 0 Å². The van der Waals surface area contributed by atoms with E-state index in [0.29, 0.717) is 35.3 Å². The number of hydrogen-bond donors (Lipinski definition) is 0. The minimum absolute atomic E-state index is 0.0125. The van der Waals surface area contributed by atoms with Crippen molar-refractivity contribution in [3.8, 4) is 22.4 Å². The quantitative estimate of drug-likeness (QED) is 0.591. The van der Waals surface area contributed by atoms with Crippen LogP contribution >= 0.6 is 11.3 Å². The number of carbonyl (C=O) groups excluding carboxylic acids is 1. The molecule has 0 atom stereocenters. The number of ether oxygens (including phenoxy) is 4. The number of piperidine rings is 1. The maximum atomic E-state index is 12.9. The number of fused-ring (bicyclic) bond motifs is 1. The molecule has 2 aromatic carbocycles. The molecule has 0 bridgehead atoms. The first-order chi connectivity index (χ1) is 14.6. The van der Waals surface area contributed by atoms with E-state index < -0.39 is 0 Å². The van der Waals surface area contributed by atoms with Gasteiger partial charge in [-0.15, -0.1) is 0 Å². The lowest BCUT2D eigenvalue weighted by molar-refractivity contribution is 0.0595. The highest BCUT2D eigenvalue weighted by molar-refractivity contribution is 7.20. The number of benzene rings is 2. The summed E-state index contributed by atoms with van der Waals surface area (Å²) in [6.45, 7) is 1.27. The van der Waals surface area contributed by atoms with Crippen molar-refractivity contribution in [1.82, 2.24) is 9.88 Å². The minimum Gasteiger partial charge on any atom is -0.497 e. The van der Waals surface area contributed by atoms with Crippen molar-refractivity contribution in [2.24, 2.45) is 0 Å². The van der Waals surface area contributed by atoms with Gasteiger partial charge < -0.3 is 23.8 Å². The van der Waals surface area contributed by atoms with Gasteiger partial charge in [0.25, 0.3) is 11.1 Å². The van der Waals surface area contributed by atoms with E-state index >= 15 is 0 Å². The molecule has 0 N–H and O–H groups in total.